The van der Waals surface area contributed by atoms with E-state index in [1.165, 1.54) is 27.9 Å². The molecule has 4 atom stereocenters. The maximum atomic E-state index is 11.3. The zero-order valence-electron chi connectivity index (χ0n) is 11.9. The van der Waals surface area contributed by atoms with Gasteiger partial charge in [-0.25, -0.2) is 0 Å². The summed E-state index contributed by atoms with van der Waals surface area (Å²) in [6.07, 6.45) is -2.30. The normalized spacial score (nSPS) is 28.8. The number of nitrogens with one attached hydrogen (secondary N) is 1. The molecule has 0 bridgehead atoms. The summed E-state index contributed by atoms with van der Waals surface area (Å²) in [6.45, 7) is 3.77. The maximum Gasteiger partial charge on any atom is 0.303 e. The van der Waals surface area contributed by atoms with E-state index in [-0.39, 0.29) is 12.5 Å². The molecule has 1 amide bonds. The monoisotopic (exact) mass is 289 g/mol. The van der Waals surface area contributed by atoms with E-state index >= 15 is 0 Å². The summed E-state index contributed by atoms with van der Waals surface area (Å²) in [7, 11) is 1.39. The number of esters is 2. The summed E-state index contributed by atoms with van der Waals surface area (Å²) in [4.78, 5) is 33.2. The Morgan fingerprint density at radius 2 is 1.80 bits per heavy atom. The first-order chi connectivity index (χ1) is 9.35. The van der Waals surface area contributed by atoms with Crippen molar-refractivity contribution in [3.8, 4) is 0 Å². The van der Waals surface area contributed by atoms with Gasteiger partial charge < -0.3 is 24.3 Å². The van der Waals surface area contributed by atoms with Crippen LogP contribution in [0.4, 0.5) is 0 Å². The fourth-order valence-electron chi connectivity index (χ4n) is 1.98. The van der Waals surface area contributed by atoms with E-state index in [4.69, 9.17) is 18.9 Å². The quantitative estimate of drug-likeness (QED) is 0.672. The van der Waals surface area contributed by atoms with Crippen LogP contribution in [-0.4, -0.2) is 56.1 Å². The fraction of sp³-hybridized carbons (Fsp3) is 0.750. The van der Waals surface area contributed by atoms with E-state index < -0.39 is 36.5 Å². The zero-order chi connectivity index (χ0) is 15.3. The molecule has 114 valence electrons. The number of rotatable bonds is 5. The molecule has 0 aromatic heterocycles. The van der Waals surface area contributed by atoms with Crippen LogP contribution in [0.15, 0.2) is 0 Å². The summed E-state index contributed by atoms with van der Waals surface area (Å²) >= 11 is 0. The lowest BCUT2D eigenvalue weighted by atomic mass is 10.1. The molecule has 1 N–H and O–H groups in total. The van der Waals surface area contributed by atoms with Crippen molar-refractivity contribution in [3.63, 3.8) is 0 Å². The summed E-state index contributed by atoms with van der Waals surface area (Å²) in [5.74, 6) is -1.32. The minimum Gasteiger partial charge on any atom is -0.463 e. The lowest BCUT2D eigenvalue weighted by molar-refractivity contribution is -0.179. The summed E-state index contributed by atoms with van der Waals surface area (Å²) < 4.78 is 20.6. The van der Waals surface area contributed by atoms with Crippen LogP contribution in [0, 0.1) is 0 Å². The molecule has 0 radical (unpaired) electrons. The van der Waals surface area contributed by atoms with Gasteiger partial charge in [-0.2, -0.15) is 0 Å². The topological polar surface area (TPSA) is 100 Å². The number of amides is 1. The second kappa shape index (κ2) is 7.20. The Labute approximate surface area is 116 Å². The molecule has 8 heteroatoms. The molecule has 0 unspecified atom stereocenters. The molecule has 0 aliphatic carbocycles. The van der Waals surface area contributed by atoms with Crippen LogP contribution in [0.3, 0.4) is 0 Å². The van der Waals surface area contributed by atoms with Crippen molar-refractivity contribution < 1.29 is 33.3 Å². The van der Waals surface area contributed by atoms with Crippen molar-refractivity contribution in [3.05, 3.63) is 0 Å². The Bertz CT molecular complexity index is 384. The lowest BCUT2D eigenvalue weighted by Gasteiger charge is -2.23. The van der Waals surface area contributed by atoms with E-state index in [0.717, 1.165) is 0 Å². The molecule has 1 fully saturated rings. The third-order valence-corrected chi connectivity index (χ3v) is 2.69. The smallest absolute Gasteiger partial charge is 0.303 e. The van der Waals surface area contributed by atoms with Crippen LogP contribution in [0.25, 0.3) is 0 Å². The minimum absolute atomic E-state index is 0.0715. The number of ether oxygens (including phenoxy) is 4. The second-order valence-electron chi connectivity index (χ2n) is 4.38. The van der Waals surface area contributed by atoms with E-state index in [1.54, 1.807) is 0 Å². The SMILES string of the molecule is CO[C@H]1O[C@H](COC(C)=O)[C@@H](NC(C)=O)[C@H]1OC(C)=O. The molecule has 1 rings (SSSR count). The Hall–Kier alpha value is -1.67. The number of hydrogen-bond donors (Lipinski definition) is 1. The average molecular weight is 289 g/mol. The van der Waals surface area contributed by atoms with Crippen molar-refractivity contribution in [1.82, 2.24) is 5.32 Å². The summed E-state index contributed by atoms with van der Waals surface area (Å²) in [6, 6.07) is -0.652. The Kier molecular flexibility index (Phi) is 5.90. The molecular weight excluding hydrogens is 270 g/mol. The summed E-state index contributed by atoms with van der Waals surface area (Å²) in [5, 5.41) is 2.62. The van der Waals surface area contributed by atoms with Gasteiger partial charge in [-0.3, -0.25) is 14.4 Å². The third-order valence-electron chi connectivity index (χ3n) is 2.69. The third kappa shape index (κ3) is 4.46. The van der Waals surface area contributed by atoms with Gasteiger partial charge in [-0.15, -0.1) is 0 Å². The second-order valence-corrected chi connectivity index (χ2v) is 4.38. The Morgan fingerprint density at radius 3 is 2.25 bits per heavy atom. The molecule has 8 nitrogen and oxygen atoms in total. The Morgan fingerprint density at radius 1 is 1.15 bits per heavy atom. The highest BCUT2D eigenvalue weighted by Gasteiger charge is 2.48. The van der Waals surface area contributed by atoms with Crippen LogP contribution in [0.2, 0.25) is 0 Å². The predicted molar refractivity (Wildman–Crippen MR) is 65.5 cm³/mol. The highest BCUT2D eigenvalue weighted by Crippen LogP contribution is 2.25. The van der Waals surface area contributed by atoms with Crippen LogP contribution < -0.4 is 5.32 Å². The van der Waals surface area contributed by atoms with E-state index in [0.29, 0.717) is 0 Å². The van der Waals surface area contributed by atoms with Gasteiger partial charge in [0.1, 0.15) is 18.8 Å². The molecule has 1 saturated heterocycles. The van der Waals surface area contributed by atoms with Crippen molar-refractivity contribution in [2.24, 2.45) is 0 Å². The van der Waals surface area contributed by atoms with Crippen molar-refractivity contribution in [2.75, 3.05) is 13.7 Å². The van der Waals surface area contributed by atoms with Crippen molar-refractivity contribution in [1.29, 1.82) is 0 Å². The number of hydrogen-bond acceptors (Lipinski definition) is 7. The molecule has 0 spiro atoms. The van der Waals surface area contributed by atoms with Gasteiger partial charge >= 0.3 is 11.9 Å². The largest absolute Gasteiger partial charge is 0.463 e. The predicted octanol–water partition coefficient (Wildman–Crippen LogP) is -0.643. The first-order valence-electron chi connectivity index (χ1n) is 6.11. The standard InChI is InChI=1S/C12H19NO7/c1-6(14)13-10-9(5-18-7(2)15)20-12(17-4)11(10)19-8(3)16/h9-12H,5H2,1-4H3,(H,13,14)/t9-,10-,11-,12+/m1/s1. The molecular formula is C12H19NO7. The molecule has 1 aliphatic heterocycles. The number of carbonyl (C=O) groups excluding carboxylic acids is 3. The summed E-state index contributed by atoms with van der Waals surface area (Å²) in [5.41, 5.74) is 0. The maximum absolute atomic E-state index is 11.3. The van der Waals surface area contributed by atoms with Crippen LogP contribution >= 0.6 is 0 Å². The van der Waals surface area contributed by atoms with Gasteiger partial charge in [-0.1, -0.05) is 0 Å². The zero-order valence-corrected chi connectivity index (χ0v) is 11.9. The van der Waals surface area contributed by atoms with E-state index in [9.17, 15) is 14.4 Å². The average Bonchev–Trinajstić information content (AvgIpc) is 2.63. The van der Waals surface area contributed by atoms with Gasteiger partial charge in [0.25, 0.3) is 0 Å². The van der Waals surface area contributed by atoms with Gasteiger partial charge in [0, 0.05) is 27.9 Å². The van der Waals surface area contributed by atoms with Gasteiger partial charge in [0.2, 0.25) is 5.91 Å². The van der Waals surface area contributed by atoms with Crippen LogP contribution in [0.5, 0.6) is 0 Å². The Balaban J connectivity index is 2.84. The van der Waals surface area contributed by atoms with E-state index in [2.05, 4.69) is 5.32 Å². The molecule has 0 saturated carbocycles. The van der Waals surface area contributed by atoms with Crippen LogP contribution in [0.1, 0.15) is 20.8 Å². The highest BCUT2D eigenvalue weighted by atomic mass is 16.7. The van der Waals surface area contributed by atoms with Crippen molar-refractivity contribution >= 4 is 17.8 Å². The lowest BCUT2D eigenvalue weighted by Crippen LogP contribution is -2.50. The van der Waals surface area contributed by atoms with Crippen LogP contribution in [-0.2, 0) is 33.3 Å². The molecule has 1 heterocycles. The first kappa shape index (κ1) is 16.4. The van der Waals surface area contributed by atoms with Gasteiger partial charge in [0.15, 0.2) is 12.4 Å². The molecule has 0 aromatic carbocycles. The van der Waals surface area contributed by atoms with Gasteiger partial charge in [-0.05, 0) is 0 Å². The molecule has 20 heavy (non-hydrogen) atoms. The minimum atomic E-state index is -0.837. The fourth-order valence-corrected chi connectivity index (χ4v) is 1.98. The van der Waals surface area contributed by atoms with E-state index in [1.807, 2.05) is 0 Å². The first-order valence-corrected chi connectivity index (χ1v) is 6.11. The molecule has 1 aliphatic rings. The number of methoxy groups -OCH3 is 1. The van der Waals surface area contributed by atoms with Gasteiger partial charge in [0.05, 0.1) is 0 Å². The van der Waals surface area contributed by atoms with Crippen molar-refractivity contribution in [2.45, 2.75) is 45.3 Å². The molecule has 0 aromatic rings. The number of carbonyl (C=O) groups is 3. The highest BCUT2D eigenvalue weighted by molar-refractivity contribution is 5.73.